The Bertz CT molecular complexity index is 2390. The minimum absolute atomic E-state index is 0.0234. The number of hydrogen-bond donors (Lipinski definition) is 2. The molecule has 0 aliphatic rings. The van der Waals surface area contributed by atoms with E-state index in [4.69, 9.17) is 0 Å². The second-order valence-corrected chi connectivity index (χ2v) is 20.1. The zero-order valence-electron chi connectivity index (χ0n) is 31.4. The van der Waals surface area contributed by atoms with Crippen molar-refractivity contribution in [1.82, 2.24) is 18.1 Å². The minimum atomic E-state index is -4.08. The third kappa shape index (κ3) is 12.4. The third-order valence-corrected chi connectivity index (χ3v) is 14.7. The van der Waals surface area contributed by atoms with Gasteiger partial charge in [-0.3, -0.25) is 0 Å². The molecule has 0 aliphatic carbocycles. The van der Waals surface area contributed by atoms with Gasteiger partial charge < -0.3 is 0 Å². The van der Waals surface area contributed by atoms with Crippen molar-refractivity contribution in [2.75, 3.05) is 39.3 Å². The van der Waals surface area contributed by atoms with Gasteiger partial charge in [-0.15, -0.1) is 0 Å². The van der Waals surface area contributed by atoms with Gasteiger partial charge in [-0.1, -0.05) is 107 Å². The first-order valence-electron chi connectivity index (χ1n) is 17.2. The van der Waals surface area contributed by atoms with Crippen LogP contribution in [0.3, 0.4) is 0 Å². The van der Waals surface area contributed by atoms with E-state index in [1.807, 2.05) is 27.7 Å². The Labute approximate surface area is 331 Å². The van der Waals surface area contributed by atoms with E-state index in [-0.39, 0.29) is 58.9 Å². The molecule has 0 heterocycles. The van der Waals surface area contributed by atoms with Crippen LogP contribution in [0.15, 0.2) is 129 Å². The zero-order chi connectivity index (χ0) is 41.0. The lowest BCUT2D eigenvalue weighted by atomic mass is 10.2. The van der Waals surface area contributed by atoms with Crippen LogP contribution in [0.5, 0.6) is 0 Å². The number of nitrogens with zero attached hydrogens (tertiary/aromatic N) is 2. The molecule has 0 spiro atoms. The average Bonchev–Trinajstić information content (AvgIpc) is 3.15. The minimum Gasteiger partial charge on any atom is -0.207 e. The van der Waals surface area contributed by atoms with E-state index >= 15 is 0 Å². The van der Waals surface area contributed by atoms with Crippen molar-refractivity contribution in [1.29, 1.82) is 0 Å². The molecule has 2 N–H and O–H groups in total. The van der Waals surface area contributed by atoms with Gasteiger partial charge in [-0.05, 0) is 76.2 Å². The summed E-state index contributed by atoms with van der Waals surface area (Å²) in [6.07, 6.45) is 2.99. The van der Waals surface area contributed by atoms with Crippen molar-refractivity contribution in [3.8, 4) is 23.7 Å². The average molecular weight is 837 g/mol. The molecule has 0 aromatic heterocycles. The van der Waals surface area contributed by atoms with Crippen molar-refractivity contribution in [3.63, 3.8) is 0 Å². The fraction of sp³-hybridized carbons (Fsp3) is 0.250. The molecule has 0 amide bonds. The number of benzene rings is 4. The second kappa shape index (κ2) is 19.5. The van der Waals surface area contributed by atoms with Crippen LogP contribution in [0, 0.1) is 51.4 Å². The molecule has 296 valence electrons. The summed E-state index contributed by atoms with van der Waals surface area (Å²) in [7, 11) is -15.8. The smallest absolute Gasteiger partial charge is 0.207 e. The summed E-state index contributed by atoms with van der Waals surface area (Å²) in [5, 5.41) is 0. The normalized spacial score (nSPS) is 12.3. The monoisotopic (exact) mass is 836 g/mol. The lowest BCUT2D eigenvalue weighted by Gasteiger charge is -2.20. The molecule has 0 fully saturated rings. The molecule has 4 aromatic carbocycles. The quantitative estimate of drug-likeness (QED) is 0.126. The number of sulfonamides is 4. The van der Waals surface area contributed by atoms with Crippen molar-refractivity contribution < 1.29 is 33.7 Å². The van der Waals surface area contributed by atoms with E-state index in [0.29, 0.717) is 0 Å². The molecule has 4 rings (SSSR count). The molecule has 0 unspecified atom stereocenters. The Kier molecular flexibility index (Phi) is 15.4. The van der Waals surface area contributed by atoms with Gasteiger partial charge in [0.25, 0.3) is 0 Å². The highest BCUT2D eigenvalue weighted by molar-refractivity contribution is 7.90. The Hall–Kier alpha value is -4.62. The number of aryl methyl sites for hydroxylation is 4. The lowest BCUT2D eigenvalue weighted by molar-refractivity contribution is 0.469. The number of hydrogen-bond acceptors (Lipinski definition) is 8. The standard InChI is InChI=1S/C40H44N4O8S4/c1-33-11-19-37(20-12-33)53(45,46)41-27-5-7-29-43(55(49,50)39-23-15-35(3)16-24-39)31-9-10-32-44(56(51,52)40-25-17-36(4)18-26-40)30-8-6-28-42-54(47,48)38-21-13-34(2)14-22-38/h9-26,41-42H,27-32H2,1-4H3/b10-9+. The van der Waals surface area contributed by atoms with Crippen LogP contribution in [0.4, 0.5) is 0 Å². The summed E-state index contributed by atoms with van der Waals surface area (Å²) < 4.78 is 112. The van der Waals surface area contributed by atoms with E-state index in [1.165, 1.54) is 60.7 Å². The van der Waals surface area contributed by atoms with Crippen LogP contribution in [0.25, 0.3) is 0 Å². The fourth-order valence-corrected chi connectivity index (χ4v) is 9.31. The summed E-state index contributed by atoms with van der Waals surface area (Å²) in [6.45, 7) is 5.85. The first-order chi connectivity index (χ1) is 26.4. The van der Waals surface area contributed by atoms with Gasteiger partial charge in [0.15, 0.2) is 0 Å². The lowest BCUT2D eigenvalue weighted by Crippen LogP contribution is -2.33. The summed E-state index contributed by atoms with van der Waals surface area (Å²) in [5.74, 6) is 10.8. The maximum absolute atomic E-state index is 13.7. The Morgan fingerprint density at radius 3 is 0.982 bits per heavy atom. The second-order valence-electron chi connectivity index (χ2n) is 12.7. The van der Waals surface area contributed by atoms with Gasteiger partial charge in [-0.2, -0.15) is 18.1 Å². The zero-order valence-corrected chi connectivity index (χ0v) is 34.7. The Morgan fingerprint density at radius 2 is 0.696 bits per heavy atom. The largest absolute Gasteiger partial charge is 0.244 e. The molecule has 0 saturated carbocycles. The maximum Gasteiger partial charge on any atom is 0.244 e. The van der Waals surface area contributed by atoms with Crippen LogP contribution < -0.4 is 9.44 Å². The molecule has 0 radical (unpaired) electrons. The predicted molar refractivity (Wildman–Crippen MR) is 217 cm³/mol. The molecular weight excluding hydrogens is 793 g/mol. The van der Waals surface area contributed by atoms with Crippen LogP contribution in [0.2, 0.25) is 0 Å². The molecule has 56 heavy (non-hydrogen) atoms. The number of rotatable bonds is 16. The van der Waals surface area contributed by atoms with E-state index in [1.54, 1.807) is 48.5 Å². The van der Waals surface area contributed by atoms with Crippen LogP contribution in [-0.4, -0.2) is 81.6 Å². The van der Waals surface area contributed by atoms with Gasteiger partial charge in [-0.25, -0.2) is 33.7 Å². The molecule has 12 nitrogen and oxygen atoms in total. The van der Waals surface area contributed by atoms with E-state index in [2.05, 4.69) is 33.1 Å². The molecule has 0 saturated heterocycles. The summed E-state index contributed by atoms with van der Waals surface area (Å²) >= 11 is 0. The molecule has 0 bridgehead atoms. The Morgan fingerprint density at radius 1 is 0.429 bits per heavy atom. The highest BCUT2D eigenvalue weighted by atomic mass is 32.2. The summed E-state index contributed by atoms with van der Waals surface area (Å²) in [4.78, 5) is 0.196. The van der Waals surface area contributed by atoms with Gasteiger partial charge >= 0.3 is 0 Å². The summed E-state index contributed by atoms with van der Waals surface area (Å²) in [6, 6.07) is 25.1. The molecule has 16 heteroatoms. The van der Waals surface area contributed by atoms with Crippen molar-refractivity contribution in [2.24, 2.45) is 0 Å². The molecule has 0 aliphatic heterocycles. The Balaban J connectivity index is 1.50. The fourth-order valence-electron chi connectivity index (χ4n) is 4.87. The van der Waals surface area contributed by atoms with Gasteiger partial charge in [0.05, 0.1) is 45.8 Å². The molecular formula is C40H44N4O8S4. The van der Waals surface area contributed by atoms with Gasteiger partial charge in [0, 0.05) is 13.1 Å². The van der Waals surface area contributed by atoms with E-state index < -0.39 is 40.1 Å². The van der Waals surface area contributed by atoms with Gasteiger partial charge in [0.2, 0.25) is 40.1 Å². The van der Waals surface area contributed by atoms with Gasteiger partial charge in [0.1, 0.15) is 0 Å². The van der Waals surface area contributed by atoms with Crippen molar-refractivity contribution in [3.05, 3.63) is 131 Å². The van der Waals surface area contributed by atoms with Crippen LogP contribution >= 0.6 is 0 Å². The molecule has 0 atom stereocenters. The topological polar surface area (TPSA) is 167 Å². The highest BCUT2D eigenvalue weighted by Crippen LogP contribution is 2.18. The molecule has 4 aromatic rings. The highest BCUT2D eigenvalue weighted by Gasteiger charge is 2.25. The van der Waals surface area contributed by atoms with Crippen molar-refractivity contribution in [2.45, 2.75) is 47.3 Å². The SMILES string of the molecule is Cc1ccc(S(=O)(=O)NCC#CCN(C/C=C/CN(CC#CCNS(=O)(=O)c2ccc(C)cc2)S(=O)(=O)c2ccc(C)cc2)S(=O)(=O)c2ccc(C)cc2)cc1. The predicted octanol–water partition coefficient (Wildman–Crippen LogP) is 4.12. The van der Waals surface area contributed by atoms with Crippen LogP contribution in [-0.2, 0) is 40.1 Å². The summed E-state index contributed by atoms with van der Waals surface area (Å²) in [5.41, 5.74) is 3.52. The van der Waals surface area contributed by atoms with E-state index in [9.17, 15) is 33.7 Å². The maximum atomic E-state index is 13.7. The first kappa shape index (κ1) is 44.1. The van der Waals surface area contributed by atoms with Crippen molar-refractivity contribution >= 4 is 40.1 Å². The number of nitrogens with one attached hydrogen (secondary N) is 2. The first-order valence-corrected chi connectivity index (χ1v) is 23.1. The third-order valence-electron chi connectivity index (χ3n) is 8.23. The van der Waals surface area contributed by atoms with E-state index in [0.717, 1.165) is 30.9 Å². The van der Waals surface area contributed by atoms with Crippen LogP contribution in [0.1, 0.15) is 22.3 Å².